The highest BCUT2D eigenvalue weighted by atomic mass is 31.0. The van der Waals surface area contributed by atoms with Crippen molar-refractivity contribution in [2.45, 2.75) is 50.2 Å². The lowest BCUT2D eigenvalue weighted by Gasteiger charge is -2.30. The van der Waals surface area contributed by atoms with E-state index in [1.165, 1.54) is 9.24 Å². The minimum atomic E-state index is -4.76. The Morgan fingerprint density at radius 3 is 2.19 bits per heavy atom. The van der Waals surface area contributed by atoms with Crippen molar-refractivity contribution in [1.29, 1.82) is 0 Å². The highest BCUT2D eigenvalue weighted by Gasteiger charge is 2.37. The van der Waals surface area contributed by atoms with Gasteiger partial charge in [-0.3, -0.25) is 4.68 Å². The van der Waals surface area contributed by atoms with Crippen LogP contribution in [-0.2, 0) is 25.4 Å². The van der Waals surface area contributed by atoms with E-state index in [9.17, 15) is 22.0 Å². The van der Waals surface area contributed by atoms with Gasteiger partial charge in [0.2, 0.25) is 5.95 Å². The molecule has 2 unspecified atom stereocenters. The fraction of sp³-hybridized carbons (Fsp3) is 0.458. The first-order valence-electron chi connectivity index (χ1n) is 11.5. The van der Waals surface area contributed by atoms with Gasteiger partial charge in [0, 0.05) is 67.5 Å². The monoisotopic (exact) mass is 526 g/mol. The topological polar surface area (TPSA) is 50.1 Å². The Morgan fingerprint density at radius 1 is 1.00 bits per heavy atom. The number of nitrogens with zero attached hydrogens (tertiary/aromatic N) is 6. The van der Waals surface area contributed by atoms with Crippen LogP contribution in [0.5, 0.6) is 0 Å². The van der Waals surface area contributed by atoms with E-state index in [1.807, 2.05) is 18.1 Å². The van der Waals surface area contributed by atoms with Crippen molar-refractivity contribution >= 4 is 15.2 Å². The number of aromatic nitrogens is 4. The predicted octanol–water partition coefficient (Wildman–Crippen LogP) is 5.31. The van der Waals surface area contributed by atoms with Crippen LogP contribution in [0.4, 0.5) is 27.9 Å². The molecule has 6 nitrogen and oxygen atoms in total. The number of alkyl halides is 5. The molecular formula is C24H28F5N6P. The Labute approximate surface area is 208 Å². The van der Waals surface area contributed by atoms with Crippen LogP contribution < -0.4 is 4.90 Å². The van der Waals surface area contributed by atoms with E-state index >= 15 is 0 Å². The molecule has 1 fully saturated rings. The predicted molar refractivity (Wildman–Crippen MR) is 131 cm³/mol. The Balaban J connectivity index is 1.72. The van der Waals surface area contributed by atoms with Crippen LogP contribution in [0.3, 0.4) is 0 Å². The van der Waals surface area contributed by atoms with Crippen molar-refractivity contribution in [3.63, 3.8) is 0 Å². The highest BCUT2D eigenvalue weighted by molar-refractivity contribution is 7.17. The van der Waals surface area contributed by atoms with Gasteiger partial charge in [-0.15, -0.1) is 0 Å². The standard InChI is InChI=1S/C24H28F5N6P/c1-4-20-8-21(14-33(20)2)35(22-30-9-16(10-31-22)17-11-32-34(3)13-17)12-15-5-18(23(25,26)27)7-19(6-15)24(28,29)36/h5-7,9-11,13,20-21H,4,8,12,14,36H2,1-3H3/t20-,21?/m1/s1. The molecule has 0 saturated carbocycles. The first-order valence-corrected chi connectivity index (χ1v) is 12.1. The molecule has 3 atom stereocenters. The van der Waals surface area contributed by atoms with Crippen molar-refractivity contribution in [3.8, 4) is 11.1 Å². The molecule has 12 heteroatoms. The number of hydrogen-bond donors (Lipinski definition) is 0. The van der Waals surface area contributed by atoms with Gasteiger partial charge >= 0.3 is 6.18 Å². The molecule has 0 N–H and O–H groups in total. The van der Waals surface area contributed by atoms with E-state index in [1.54, 1.807) is 30.3 Å². The van der Waals surface area contributed by atoms with Crippen LogP contribution >= 0.6 is 9.24 Å². The molecule has 36 heavy (non-hydrogen) atoms. The SMILES string of the molecule is CC[C@@H]1CC(N(Cc2cc(C(F)(F)F)cc(C(F)(F)P)c2)c2ncc(-c3cnn(C)c3)cn2)CN1C. The quantitative estimate of drug-likeness (QED) is 0.309. The van der Waals surface area contributed by atoms with Gasteiger partial charge in [0.15, 0.2) is 0 Å². The Morgan fingerprint density at radius 2 is 1.67 bits per heavy atom. The largest absolute Gasteiger partial charge is 0.416 e. The Hall–Kier alpha value is -2.65. The third-order valence-electron chi connectivity index (χ3n) is 6.57. The lowest BCUT2D eigenvalue weighted by atomic mass is 10.0. The maximum Gasteiger partial charge on any atom is 0.416 e. The molecule has 0 amide bonds. The van der Waals surface area contributed by atoms with Gasteiger partial charge in [-0.2, -0.15) is 27.1 Å². The van der Waals surface area contributed by atoms with Crippen molar-refractivity contribution in [2.75, 3.05) is 18.5 Å². The van der Waals surface area contributed by atoms with Gasteiger partial charge in [0.1, 0.15) is 0 Å². The lowest BCUT2D eigenvalue weighted by Crippen LogP contribution is -2.38. The first-order chi connectivity index (χ1) is 16.8. The maximum atomic E-state index is 14.1. The summed E-state index contributed by atoms with van der Waals surface area (Å²) in [6.45, 7) is 2.68. The summed E-state index contributed by atoms with van der Waals surface area (Å²) >= 11 is 0. The maximum absolute atomic E-state index is 14.1. The average molecular weight is 526 g/mol. The summed E-state index contributed by atoms with van der Waals surface area (Å²) in [5.74, 6) is 0.328. The smallest absolute Gasteiger partial charge is 0.332 e. The lowest BCUT2D eigenvalue weighted by molar-refractivity contribution is -0.137. The summed E-state index contributed by atoms with van der Waals surface area (Å²) < 4.78 is 70.4. The first kappa shape index (κ1) is 26.4. The molecule has 1 saturated heterocycles. The van der Waals surface area contributed by atoms with Gasteiger partial charge in [-0.05, 0) is 43.7 Å². The summed E-state index contributed by atoms with van der Waals surface area (Å²) in [5, 5.41) is 4.14. The van der Waals surface area contributed by atoms with E-state index in [2.05, 4.69) is 26.9 Å². The number of aryl methyl sites for hydroxylation is 1. The third kappa shape index (κ3) is 5.83. The normalized spacial score (nSPS) is 19.1. The molecule has 1 aliphatic heterocycles. The number of hydrogen-bond acceptors (Lipinski definition) is 5. The summed E-state index contributed by atoms with van der Waals surface area (Å²) in [4.78, 5) is 13.0. The number of rotatable bonds is 7. The van der Waals surface area contributed by atoms with Crippen LogP contribution in [0.25, 0.3) is 11.1 Å². The van der Waals surface area contributed by atoms with E-state index in [0.717, 1.165) is 36.1 Å². The summed E-state index contributed by atoms with van der Waals surface area (Å²) in [6, 6.07) is 2.73. The third-order valence-corrected chi connectivity index (χ3v) is 6.90. The summed E-state index contributed by atoms with van der Waals surface area (Å²) in [6.07, 6.45) is 3.69. The zero-order valence-electron chi connectivity index (χ0n) is 20.2. The van der Waals surface area contributed by atoms with Crippen LogP contribution in [0, 0.1) is 0 Å². The van der Waals surface area contributed by atoms with Gasteiger partial charge in [0.25, 0.3) is 5.66 Å². The van der Waals surface area contributed by atoms with Gasteiger partial charge in [0.05, 0.1) is 11.8 Å². The molecule has 2 aromatic heterocycles. The van der Waals surface area contributed by atoms with E-state index in [-0.39, 0.29) is 18.2 Å². The second kappa shape index (κ2) is 10.0. The van der Waals surface area contributed by atoms with Crippen molar-refractivity contribution < 1.29 is 22.0 Å². The minimum absolute atomic E-state index is 0.0428. The molecule has 194 valence electrons. The van der Waals surface area contributed by atoms with Crippen molar-refractivity contribution in [1.82, 2.24) is 24.6 Å². The van der Waals surface area contributed by atoms with Crippen LogP contribution in [-0.4, -0.2) is 50.3 Å². The van der Waals surface area contributed by atoms with Crippen LogP contribution in [0.1, 0.15) is 36.5 Å². The fourth-order valence-corrected chi connectivity index (χ4v) is 4.81. The summed E-state index contributed by atoms with van der Waals surface area (Å²) in [7, 11) is 5.10. The van der Waals surface area contributed by atoms with Gasteiger partial charge < -0.3 is 9.80 Å². The second-order valence-electron chi connectivity index (χ2n) is 9.23. The van der Waals surface area contributed by atoms with Crippen LogP contribution in [0.2, 0.25) is 0 Å². The number of likely N-dealkylation sites (N-methyl/N-ethyl adjacent to an activating group) is 1. The van der Waals surface area contributed by atoms with Crippen LogP contribution in [0.15, 0.2) is 43.0 Å². The molecule has 0 aliphatic carbocycles. The number of halogens is 5. The number of anilines is 1. The fourth-order valence-electron chi connectivity index (χ4n) is 4.64. The van der Waals surface area contributed by atoms with Crippen molar-refractivity contribution in [2.24, 2.45) is 7.05 Å². The molecule has 3 heterocycles. The molecule has 4 rings (SSSR count). The average Bonchev–Trinajstić information content (AvgIpc) is 3.41. The molecular weight excluding hydrogens is 498 g/mol. The number of likely N-dealkylation sites (tertiary alicyclic amines) is 1. The number of benzene rings is 1. The van der Waals surface area contributed by atoms with Gasteiger partial charge in [-0.25, -0.2) is 9.97 Å². The molecule has 3 aromatic rings. The second-order valence-corrected chi connectivity index (χ2v) is 9.96. The van der Waals surface area contributed by atoms with Crippen molar-refractivity contribution in [3.05, 3.63) is 59.7 Å². The Bertz CT molecular complexity index is 1160. The zero-order chi connectivity index (χ0) is 26.3. The molecule has 1 aromatic carbocycles. The van der Waals surface area contributed by atoms with E-state index in [4.69, 9.17) is 0 Å². The molecule has 0 radical (unpaired) electrons. The Kier molecular flexibility index (Phi) is 7.35. The minimum Gasteiger partial charge on any atom is -0.332 e. The molecule has 1 aliphatic rings. The zero-order valence-corrected chi connectivity index (χ0v) is 21.3. The van der Waals surface area contributed by atoms with E-state index < -0.39 is 23.0 Å². The van der Waals surface area contributed by atoms with Gasteiger partial charge in [-0.1, -0.05) is 16.2 Å². The summed E-state index contributed by atoms with van der Waals surface area (Å²) in [5.41, 5.74) is -3.63. The molecule has 0 spiro atoms. The molecule has 0 bridgehead atoms. The van der Waals surface area contributed by atoms with E-state index in [0.29, 0.717) is 24.6 Å². The highest BCUT2D eigenvalue weighted by Crippen LogP contribution is 2.40.